The lowest BCUT2D eigenvalue weighted by molar-refractivity contribution is 0.661. The monoisotopic (exact) mass is 293 g/mol. The molecular weight excluding hydrogens is 274 g/mol. The maximum atomic E-state index is 5.80. The Kier molecular flexibility index (Phi) is 3.08. The van der Waals surface area contributed by atoms with Crippen molar-refractivity contribution in [2.24, 2.45) is 5.84 Å². The fraction of sp³-hybridized carbons (Fsp3) is 0.294. The molecule has 22 heavy (non-hydrogen) atoms. The normalized spacial score (nSPS) is 14.1. The molecule has 2 aromatic heterocycles. The molecule has 0 fully saturated rings. The highest BCUT2D eigenvalue weighted by molar-refractivity contribution is 5.81. The van der Waals surface area contributed by atoms with Gasteiger partial charge in [-0.15, -0.1) is 0 Å². The average Bonchev–Trinajstić information content (AvgIpc) is 2.88. The van der Waals surface area contributed by atoms with Gasteiger partial charge >= 0.3 is 0 Å². The van der Waals surface area contributed by atoms with Gasteiger partial charge in [0, 0.05) is 16.8 Å². The van der Waals surface area contributed by atoms with Gasteiger partial charge in [-0.2, -0.15) is 9.61 Å². The van der Waals surface area contributed by atoms with E-state index >= 15 is 0 Å². The van der Waals surface area contributed by atoms with Gasteiger partial charge in [-0.1, -0.05) is 30.3 Å². The van der Waals surface area contributed by atoms with Crippen molar-refractivity contribution in [3.63, 3.8) is 0 Å². The standard InChI is InChI=1S/C17H19N5/c1-11-15(12-7-3-2-4-8-12)17-19-14-10-6-5-9-13(14)16(20-18)22(17)21-11/h2-4,7-8,20H,5-6,9-10,18H2,1H3. The largest absolute Gasteiger partial charge is 0.308 e. The van der Waals surface area contributed by atoms with Crippen molar-refractivity contribution >= 4 is 11.5 Å². The van der Waals surface area contributed by atoms with E-state index in [1.165, 1.54) is 18.4 Å². The topological polar surface area (TPSA) is 68.2 Å². The second-order valence-corrected chi connectivity index (χ2v) is 5.80. The predicted molar refractivity (Wildman–Crippen MR) is 87.6 cm³/mol. The highest BCUT2D eigenvalue weighted by atomic mass is 15.4. The summed E-state index contributed by atoms with van der Waals surface area (Å²) >= 11 is 0. The molecule has 0 saturated carbocycles. The Morgan fingerprint density at radius 2 is 1.91 bits per heavy atom. The molecule has 3 N–H and O–H groups in total. The van der Waals surface area contributed by atoms with Crippen LogP contribution < -0.4 is 11.3 Å². The third-order valence-corrected chi connectivity index (χ3v) is 4.41. The maximum absolute atomic E-state index is 5.80. The SMILES string of the molecule is Cc1nn2c(NN)c3c(nc2c1-c1ccccc1)CCCC3. The molecule has 5 heteroatoms. The molecule has 0 unspecified atom stereocenters. The number of nitrogens with two attached hydrogens (primary N) is 1. The Balaban J connectivity index is 2.06. The zero-order chi connectivity index (χ0) is 15.1. The molecule has 1 aliphatic rings. The summed E-state index contributed by atoms with van der Waals surface area (Å²) in [6.07, 6.45) is 4.39. The summed E-state index contributed by atoms with van der Waals surface area (Å²) in [7, 11) is 0. The molecule has 112 valence electrons. The van der Waals surface area contributed by atoms with Crippen LogP contribution in [0.5, 0.6) is 0 Å². The van der Waals surface area contributed by atoms with Crippen LogP contribution in [0.3, 0.4) is 0 Å². The van der Waals surface area contributed by atoms with Crippen LogP contribution in [0.25, 0.3) is 16.8 Å². The van der Waals surface area contributed by atoms with E-state index in [4.69, 9.17) is 10.8 Å². The van der Waals surface area contributed by atoms with Crippen molar-refractivity contribution < 1.29 is 0 Å². The van der Waals surface area contributed by atoms with Crippen LogP contribution in [0.1, 0.15) is 29.8 Å². The van der Waals surface area contributed by atoms with Gasteiger partial charge in [0.2, 0.25) is 0 Å². The predicted octanol–water partition coefficient (Wildman–Crippen LogP) is 2.87. The van der Waals surface area contributed by atoms with E-state index in [0.29, 0.717) is 0 Å². The number of aromatic nitrogens is 3. The summed E-state index contributed by atoms with van der Waals surface area (Å²) in [6, 6.07) is 10.3. The number of fused-ring (bicyclic) bond motifs is 2. The summed E-state index contributed by atoms with van der Waals surface area (Å²) in [5.74, 6) is 6.68. The minimum atomic E-state index is 0.880. The van der Waals surface area contributed by atoms with Gasteiger partial charge in [0.1, 0.15) is 5.82 Å². The Hall–Kier alpha value is -2.40. The van der Waals surface area contributed by atoms with E-state index in [9.17, 15) is 0 Å². The number of aryl methyl sites for hydroxylation is 2. The lowest BCUT2D eigenvalue weighted by Gasteiger charge is -2.19. The quantitative estimate of drug-likeness (QED) is 0.563. The summed E-state index contributed by atoms with van der Waals surface area (Å²) in [6.45, 7) is 2.02. The van der Waals surface area contributed by atoms with E-state index < -0.39 is 0 Å². The summed E-state index contributed by atoms with van der Waals surface area (Å²) < 4.78 is 1.86. The molecule has 2 heterocycles. The lowest BCUT2D eigenvalue weighted by atomic mass is 9.96. The number of anilines is 1. The van der Waals surface area contributed by atoms with Crippen molar-refractivity contribution in [1.82, 2.24) is 14.6 Å². The molecule has 0 radical (unpaired) electrons. The number of rotatable bonds is 2. The third-order valence-electron chi connectivity index (χ3n) is 4.41. The summed E-state index contributed by atoms with van der Waals surface area (Å²) in [4.78, 5) is 4.93. The van der Waals surface area contributed by atoms with Crippen LogP contribution in [0.2, 0.25) is 0 Å². The second kappa shape index (κ2) is 5.10. The van der Waals surface area contributed by atoms with Gasteiger partial charge < -0.3 is 5.43 Å². The molecule has 0 bridgehead atoms. The van der Waals surface area contributed by atoms with E-state index in [-0.39, 0.29) is 0 Å². The average molecular weight is 293 g/mol. The van der Waals surface area contributed by atoms with Crippen LogP contribution >= 0.6 is 0 Å². The van der Waals surface area contributed by atoms with E-state index in [1.807, 2.05) is 29.6 Å². The number of nitrogens with one attached hydrogen (secondary N) is 1. The first-order valence-electron chi connectivity index (χ1n) is 7.72. The number of hydrazine groups is 1. The zero-order valence-electron chi connectivity index (χ0n) is 12.6. The number of hydrogen-bond acceptors (Lipinski definition) is 4. The van der Waals surface area contributed by atoms with Crippen molar-refractivity contribution in [3.8, 4) is 11.1 Å². The lowest BCUT2D eigenvalue weighted by Crippen LogP contribution is -2.18. The third kappa shape index (κ3) is 1.89. The Morgan fingerprint density at radius 3 is 2.68 bits per heavy atom. The first kappa shape index (κ1) is 13.3. The smallest absolute Gasteiger partial charge is 0.165 e. The number of benzene rings is 1. The highest BCUT2D eigenvalue weighted by Gasteiger charge is 2.22. The Morgan fingerprint density at radius 1 is 1.14 bits per heavy atom. The fourth-order valence-electron chi connectivity index (χ4n) is 3.39. The number of hydrogen-bond donors (Lipinski definition) is 2. The van der Waals surface area contributed by atoms with Gasteiger partial charge in [-0.25, -0.2) is 10.8 Å². The second-order valence-electron chi connectivity index (χ2n) is 5.80. The minimum Gasteiger partial charge on any atom is -0.308 e. The number of nitrogen functional groups attached to an aromatic ring is 1. The molecule has 4 rings (SSSR count). The molecular formula is C17H19N5. The van der Waals surface area contributed by atoms with Gasteiger partial charge in [-0.3, -0.25) is 0 Å². The molecule has 5 nitrogen and oxygen atoms in total. The maximum Gasteiger partial charge on any atom is 0.165 e. The van der Waals surface area contributed by atoms with Crippen LogP contribution in [-0.2, 0) is 12.8 Å². The van der Waals surface area contributed by atoms with E-state index in [2.05, 4.69) is 22.7 Å². The number of nitrogens with zero attached hydrogens (tertiary/aromatic N) is 3. The molecule has 0 saturated heterocycles. The van der Waals surface area contributed by atoms with Crippen LogP contribution in [0.15, 0.2) is 30.3 Å². The van der Waals surface area contributed by atoms with Gasteiger partial charge in [0.15, 0.2) is 5.65 Å². The molecule has 0 amide bonds. The fourth-order valence-corrected chi connectivity index (χ4v) is 3.39. The zero-order valence-corrected chi connectivity index (χ0v) is 12.6. The van der Waals surface area contributed by atoms with Crippen molar-refractivity contribution in [2.45, 2.75) is 32.6 Å². The molecule has 3 aromatic rings. The van der Waals surface area contributed by atoms with Crippen molar-refractivity contribution in [2.75, 3.05) is 5.43 Å². The van der Waals surface area contributed by atoms with Crippen molar-refractivity contribution in [3.05, 3.63) is 47.3 Å². The molecule has 1 aliphatic carbocycles. The van der Waals surface area contributed by atoms with Gasteiger partial charge in [0.25, 0.3) is 0 Å². The van der Waals surface area contributed by atoms with Crippen LogP contribution in [-0.4, -0.2) is 14.6 Å². The molecule has 0 atom stereocenters. The molecule has 0 aliphatic heterocycles. The summed E-state index contributed by atoms with van der Waals surface area (Å²) in [5.41, 5.74) is 9.30. The van der Waals surface area contributed by atoms with Crippen LogP contribution in [0, 0.1) is 6.92 Å². The Labute approximate surface area is 129 Å². The minimum absolute atomic E-state index is 0.880. The molecule has 0 spiro atoms. The highest BCUT2D eigenvalue weighted by Crippen LogP contribution is 2.33. The van der Waals surface area contributed by atoms with Crippen molar-refractivity contribution in [1.29, 1.82) is 0 Å². The first-order valence-corrected chi connectivity index (χ1v) is 7.72. The Bertz CT molecular complexity index is 835. The molecule has 1 aromatic carbocycles. The van der Waals surface area contributed by atoms with Gasteiger partial charge in [-0.05, 0) is 38.2 Å². The van der Waals surface area contributed by atoms with E-state index in [1.54, 1.807) is 0 Å². The van der Waals surface area contributed by atoms with E-state index in [0.717, 1.165) is 46.8 Å². The first-order chi connectivity index (χ1) is 10.8. The van der Waals surface area contributed by atoms with Gasteiger partial charge in [0.05, 0.1) is 5.69 Å². The summed E-state index contributed by atoms with van der Waals surface area (Å²) in [5, 5.41) is 4.68. The van der Waals surface area contributed by atoms with Crippen LogP contribution in [0.4, 0.5) is 5.82 Å².